The van der Waals surface area contributed by atoms with E-state index in [2.05, 4.69) is 10.6 Å². The van der Waals surface area contributed by atoms with Crippen LogP contribution in [0.5, 0.6) is 0 Å². The smallest absolute Gasteiger partial charge is 0.318 e. The molecule has 0 atom stereocenters. The molecule has 0 aromatic heterocycles. The first kappa shape index (κ1) is 18.0. The topological polar surface area (TPSA) is 128 Å². The summed E-state index contributed by atoms with van der Waals surface area (Å²) >= 11 is 0. The number of hydrogen-bond donors (Lipinski definition) is 3. The van der Waals surface area contributed by atoms with Crippen LogP contribution in [0.2, 0.25) is 0 Å². The number of urea groups is 1. The predicted molar refractivity (Wildman–Crippen MR) is 90.3 cm³/mol. The summed E-state index contributed by atoms with van der Waals surface area (Å²) in [6, 6.07) is 12.3. The van der Waals surface area contributed by atoms with Crippen molar-refractivity contribution in [1.82, 2.24) is 10.0 Å². The Kier molecular flexibility index (Phi) is 5.36. The number of carbonyl (C=O) groups excluding carboxylic acids is 2. The Morgan fingerprint density at radius 3 is 2.12 bits per heavy atom. The molecule has 0 bridgehead atoms. The van der Waals surface area contributed by atoms with Crippen LogP contribution in [-0.2, 0) is 10.0 Å². The van der Waals surface area contributed by atoms with Crippen LogP contribution >= 0.6 is 0 Å². The van der Waals surface area contributed by atoms with Gasteiger partial charge in [-0.1, -0.05) is 0 Å². The molecule has 0 unspecified atom stereocenters. The molecule has 0 saturated carbocycles. The van der Waals surface area contributed by atoms with E-state index in [4.69, 9.17) is 5.26 Å². The van der Waals surface area contributed by atoms with Crippen LogP contribution < -0.4 is 15.4 Å². The third-order valence-corrected chi connectivity index (χ3v) is 4.50. The molecule has 0 aliphatic rings. The summed E-state index contributed by atoms with van der Waals surface area (Å²) in [4.78, 5) is 23.1. The van der Waals surface area contributed by atoms with Gasteiger partial charge in [0.1, 0.15) is 0 Å². The molecule has 2 aromatic rings. The molecule has 0 aliphatic heterocycles. The van der Waals surface area contributed by atoms with Crippen molar-refractivity contribution in [3.05, 3.63) is 59.7 Å². The first-order chi connectivity index (χ1) is 11.9. The Morgan fingerprint density at radius 1 is 1.00 bits per heavy atom. The lowest BCUT2D eigenvalue weighted by molar-refractivity contribution is 0.0981. The third kappa shape index (κ3) is 4.55. The molecule has 0 aliphatic carbocycles. The SMILES string of the molecule is CNC(=O)Nc1ccc(S(=O)(=O)NC(=O)c2ccc(C#N)cc2)cc1. The van der Waals surface area contributed by atoms with E-state index in [9.17, 15) is 18.0 Å². The second-order valence-electron chi connectivity index (χ2n) is 4.85. The van der Waals surface area contributed by atoms with Gasteiger partial charge in [-0.05, 0) is 48.5 Å². The van der Waals surface area contributed by atoms with Gasteiger partial charge >= 0.3 is 6.03 Å². The van der Waals surface area contributed by atoms with Gasteiger partial charge < -0.3 is 10.6 Å². The third-order valence-electron chi connectivity index (χ3n) is 3.15. The average Bonchev–Trinajstić information content (AvgIpc) is 2.61. The van der Waals surface area contributed by atoms with Gasteiger partial charge in [0.05, 0.1) is 16.5 Å². The minimum absolute atomic E-state index is 0.112. The lowest BCUT2D eigenvalue weighted by Gasteiger charge is -2.08. The molecule has 2 aromatic carbocycles. The summed E-state index contributed by atoms with van der Waals surface area (Å²) in [5.41, 5.74) is 0.871. The van der Waals surface area contributed by atoms with Crippen LogP contribution in [0.4, 0.5) is 10.5 Å². The molecule has 8 nitrogen and oxygen atoms in total. The monoisotopic (exact) mass is 358 g/mol. The van der Waals surface area contributed by atoms with E-state index >= 15 is 0 Å². The molecule has 0 fully saturated rings. The Labute approximate surface area is 144 Å². The predicted octanol–water partition coefficient (Wildman–Crippen LogP) is 1.43. The number of nitriles is 1. The van der Waals surface area contributed by atoms with E-state index in [-0.39, 0.29) is 10.5 Å². The van der Waals surface area contributed by atoms with Crippen LogP contribution in [0.1, 0.15) is 15.9 Å². The highest BCUT2D eigenvalue weighted by molar-refractivity contribution is 7.90. The zero-order valence-corrected chi connectivity index (χ0v) is 13.9. The summed E-state index contributed by atoms with van der Waals surface area (Å²) in [6.45, 7) is 0. The summed E-state index contributed by atoms with van der Waals surface area (Å²) in [5, 5.41) is 13.6. The molecule has 0 saturated heterocycles. The lowest BCUT2D eigenvalue weighted by Crippen LogP contribution is -2.30. The summed E-state index contributed by atoms with van der Waals surface area (Å²) < 4.78 is 26.4. The standard InChI is InChI=1S/C16H14N4O4S/c1-18-16(22)19-13-6-8-14(9-7-13)25(23,24)20-15(21)12-4-2-11(10-17)3-5-12/h2-9H,1H3,(H,20,21)(H2,18,19,22). The zero-order valence-electron chi connectivity index (χ0n) is 13.1. The summed E-state index contributed by atoms with van der Waals surface area (Å²) in [6.07, 6.45) is 0. The quantitative estimate of drug-likeness (QED) is 0.761. The molecular weight excluding hydrogens is 344 g/mol. The Balaban J connectivity index is 2.13. The van der Waals surface area contributed by atoms with E-state index in [1.165, 1.54) is 55.6 Å². The van der Waals surface area contributed by atoms with Gasteiger partial charge in [0, 0.05) is 18.3 Å². The molecule has 0 heterocycles. The van der Waals surface area contributed by atoms with E-state index < -0.39 is 22.0 Å². The van der Waals surface area contributed by atoms with E-state index in [0.717, 1.165) is 0 Å². The van der Waals surface area contributed by atoms with Crippen LogP contribution in [0.15, 0.2) is 53.4 Å². The molecule has 0 radical (unpaired) electrons. The number of nitrogens with one attached hydrogen (secondary N) is 3. The molecule has 0 spiro atoms. The van der Waals surface area contributed by atoms with Crippen molar-refractivity contribution in [3.63, 3.8) is 0 Å². The number of hydrogen-bond acceptors (Lipinski definition) is 5. The maximum atomic E-state index is 12.2. The van der Waals surface area contributed by atoms with Crippen molar-refractivity contribution in [3.8, 4) is 6.07 Å². The largest absolute Gasteiger partial charge is 0.341 e. The maximum absolute atomic E-state index is 12.2. The highest BCUT2D eigenvalue weighted by Crippen LogP contribution is 2.14. The zero-order chi connectivity index (χ0) is 18.4. The fourth-order valence-corrected chi connectivity index (χ4v) is 2.82. The van der Waals surface area contributed by atoms with Gasteiger partial charge in [0.25, 0.3) is 15.9 Å². The minimum atomic E-state index is -4.07. The number of nitrogens with zero attached hydrogens (tertiary/aromatic N) is 1. The summed E-state index contributed by atoms with van der Waals surface area (Å²) in [5.74, 6) is -0.808. The van der Waals surface area contributed by atoms with Gasteiger partial charge in [0.15, 0.2) is 0 Å². The normalized spacial score (nSPS) is 10.4. The minimum Gasteiger partial charge on any atom is -0.341 e. The highest BCUT2D eigenvalue weighted by Gasteiger charge is 2.18. The summed E-state index contributed by atoms with van der Waals surface area (Å²) in [7, 11) is -2.62. The Bertz CT molecular complexity index is 930. The van der Waals surface area contributed by atoms with Crippen LogP contribution in [0.3, 0.4) is 0 Å². The van der Waals surface area contributed by atoms with Crippen molar-refractivity contribution < 1.29 is 18.0 Å². The fourth-order valence-electron chi connectivity index (χ4n) is 1.85. The van der Waals surface area contributed by atoms with Crippen molar-refractivity contribution in [2.45, 2.75) is 4.90 Å². The van der Waals surface area contributed by atoms with Gasteiger partial charge in [0.2, 0.25) is 0 Å². The first-order valence-corrected chi connectivity index (χ1v) is 8.50. The maximum Gasteiger partial charge on any atom is 0.318 e. The van der Waals surface area contributed by atoms with Gasteiger partial charge in [-0.15, -0.1) is 0 Å². The van der Waals surface area contributed by atoms with Crippen molar-refractivity contribution in [2.75, 3.05) is 12.4 Å². The molecule has 2 rings (SSSR count). The van der Waals surface area contributed by atoms with E-state index in [1.54, 1.807) is 0 Å². The number of carbonyl (C=O) groups is 2. The highest BCUT2D eigenvalue weighted by atomic mass is 32.2. The fraction of sp³-hybridized carbons (Fsp3) is 0.0625. The lowest BCUT2D eigenvalue weighted by atomic mass is 10.1. The number of amides is 3. The number of rotatable bonds is 4. The van der Waals surface area contributed by atoms with Gasteiger partial charge in [-0.2, -0.15) is 5.26 Å². The van der Waals surface area contributed by atoms with Gasteiger partial charge in [-0.3, -0.25) is 4.79 Å². The molecular formula is C16H14N4O4S. The van der Waals surface area contributed by atoms with E-state index in [0.29, 0.717) is 11.3 Å². The van der Waals surface area contributed by atoms with Crippen molar-refractivity contribution in [2.24, 2.45) is 0 Å². The molecule has 3 amide bonds. The van der Waals surface area contributed by atoms with Crippen molar-refractivity contribution >= 4 is 27.6 Å². The van der Waals surface area contributed by atoms with Crippen molar-refractivity contribution in [1.29, 1.82) is 5.26 Å². The second-order valence-corrected chi connectivity index (χ2v) is 6.53. The number of anilines is 1. The molecule has 128 valence electrons. The average molecular weight is 358 g/mol. The van der Waals surface area contributed by atoms with Crippen LogP contribution in [-0.4, -0.2) is 27.4 Å². The Morgan fingerprint density at radius 2 is 1.60 bits per heavy atom. The molecule has 3 N–H and O–H groups in total. The first-order valence-electron chi connectivity index (χ1n) is 7.02. The molecule has 25 heavy (non-hydrogen) atoms. The Hall–Kier alpha value is -3.38. The van der Waals surface area contributed by atoms with Crippen LogP contribution in [0.25, 0.3) is 0 Å². The molecule has 9 heteroatoms. The van der Waals surface area contributed by atoms with Crippen LogP contribution in [0, 0.1) is 11.3 Å². The number of sulfonamides is 1. The van der Waals surface area contributed by atoms with Gasteiger partial charge in [-0.25, -0.2) is 17.9 Å². The second kappa shape index (κ2) is 7.46. The number of benzene rings is 2. The van der Waals surface area contributed by atoms with E-state index in [1.807, 2.05) is 10.8 Å².